The highest BCUT2D eigenvalue weighted by Crippen LogP contribution is 2.30. The zero-order valence-electron chi connectivity index (χ0n) is 18.3. The highest BCUT2D eigenvalue weighted by atomic mass is 35.5. The van der Waals surface area contributed by atoms with Crippen LogP contribution in [-0.2, 0) is 30.5 Å². The van der Waals surface area contributed by atoms with E-state index in [1.807, 2.05) is 48.5 Å². The van der Waals surface area contributed by atoms with Crippen molar-refractivity contribution >= 4 is 38.6 Å². The quantitative estimate of drug-likeness (QED) is 0.115. The Labute approximate surface area is 210 Å². The first-order valence-electron chi connectivity index (χ1n) is 10.2. The van der Waals surface area contributed by atoms with Gasteiger partial charge >= 0.3 is 11.2 Å². The number of unbranched alkanes of at least 4 members (excludes halogenated alkanes) is 1. The number of carbonyl (C=O) groups is 1. The zero-order valence-corrected chi connectivity index (χ0v) is 20.7. The summed E-state index contributed by atoms with van der Waals surface area (Å²) >= 11 is 5.24. The van der Waals surface area contributed by atoms with Crippen molar-refractivity contribution in [2.24, 2.45) is 0 Å². The summed E-state index contributed by atoms with van der Waals surface area (Å²) in [6.07, 6.45) is 0.634. The van der Waals surface area contributed by atoms with Gasteiger partial charge in [-0.05, 0) is 61.4 Å². The van der Waals surface area contributed by atoms with E-state index >= 15 is 0 Å². The number of hydrogen-bond acceptors (Lipinski definition) is 5. The number of alkyl halides is 3. The van der Waals surface area contributed by atoms with E-state index in [1.165, 1.54) is 21.9 Å². The highest BCUT2D eigenvalue weighted by Gasteiger charge is 2.48. The van der Waals surface area contributed by atoms with Crippen LogP contribution in [0, 0.1) is 5.82 Å². The Kier molecular flexibility index (Phi) is 11.1. The lowest BCUT2D eigenvalue weighted by atomic mass is 10.3. The minimum atomic E-state index is -6.03. The van der Waals surface area contributed by atoms with E-state index in [0.717, 1.165) is 4.90 Å². The normalized spacial score (nSPS) is 11.5. The lowest BCUT2D eigenvalue weighted by Gasteiger charge is -2.17. The minimum Gasteiger partial charge on any atom is -0.743 e. The zero-order chi connectivity index (χ0) is 25.9. The Morgan fingerprint density at radius 1 is 0.857 bits per heavy atom. The molecule has 3 aromatic rings. The number of hydrogen-bond donors (Lipinski definition) is 0. The van der Waals surface area contributed by atoms with Gasteiger partial charge in [-0.3, -0.25) is 0 Å². The van der Waals surface area contributed by atoms with E-state index < -0.39 is 27.9 Å². The van der Waals surface area contributed by atoms with E-state index in [-0.39, 0.29) is 29.0 Å². The molecule has 0 unspecified atom stereocenters. The van der Waals surface area contributed by atoms with Crippen molar-refractivity contribution in [1.29, 1.82) is 0 Å². The molecular formula is C24H22ClF3O5S2. The van der Waals surface area contributed by atoms with Crippen LogP contribution in [-0.4, -0.2) is 36.7 Å². The molecule has 0 saturated carbocycles. The van der Waals surface area contributed by atoms with Crippen LogP contribution < -0.4 is 0 Å². The van der Waals surface area contributed by atoms with Crippen LogP contribution in [0.3, 0.4) is 0 Å². The monoisotopic (exact) mass is 546 g/mol. The molecule has 5 nitrogen and oxygen atoms in total. The molecular weight excluding hydrogens is 525 g/mol. The van der Waals surface area contributed by atoms with E-state index in [9.17, 15) is 30.9 Å². The number of rotatable bonds is 9. The van der Waals surface area contributed by atoms with Crippen LogP contribution >= 0.6 is 11.6 Å². The molecule has 0 saturated heterocycles. The van der Waals surface area contributed by atoms with E-state index in [2.05, 4.69) is 29.0 Å². The average Bonchev–Trinajstić information content (AvgIpc) is 2.84. The molecule has 0 bridgehead atoms. The van der Waals surface area contributed by atoms with Gasteiger partial charge in [0.2, 0.25) is 0 Å². The molecule has 35 heavy (non-hydrogen) atoms. The van der Waals surface area contributed by atoms with Crippen molar-refractivity contribution in [3.05, 3.63) is 90.7 Å². The summed E-state index contributed by atoms with van der Waals surface area (Å²) in [5.41, 5.74) is 0. The molecule has 188 valence electrons. The fraction of sp³-hybridized carbons (Fsp3) is 0.208. The molecule has 0 N–H and O–H groups in total. The van der Waals surface area contributed by atoms with Gasteiger partial charge in [-0.2, -0.15) is 8.78 Å². The van der Waals surface area contributed by atoms with Crippen LogP contribution in [0.25, 0.3) is 0 Å². The molecule has 0 amide bonds. The number of carbonyl (C=O) groups excluding carboxylic acids is 1. The Bertz CT molecular complexity index is 1120. The Balaban J connectivity index is 0.000000260. The molecule has 11 heteroatoms. The van der Waals surface area contributed by atoms with Crippen molar-refractivity contribution in [3.8, 4) is 0 Å². The Hall–Kier alpha value is -2.53. The van der Waals surface area contributed by atoms with Gasteiger partial charge in [-0.25, -0.2) is 17.6 Å². The molecule has 3 aromatic carbocycles. The van der Waals surface area contributed by atoms with Gasteiger partial charge < -0.3 is 9.29 Å². The van der Waals surface area contributed by atoms with Gasteiger partial charge in [-0.1, -0.05) is 36.4 Å². The summed E-state index contributed by atoms with van der Waals surface area (Å²) in [7, 11) is -6.22. The molecule has 0 fully saturated rings. The number of ether oxygens (including phenoxy) is 1. The van der Waals surface area contributed by atoms with Gasteiger partial charge in [0.25, 0.3) is 0 Å². The van der Waals surface area contributed by atoms with Crippen molar-refractivity contribution in [2.45, 2.75) is 32.8 Å². The van der Waals surface area contributed by atoms with E-state index in [1.54, 1.807) is 0 Å². The van der Waals surface area contributed by atoms with Crippen LogP contribution in [0.4, 0.5) is 13.2 Å². The average molecular weight is 547 g/mol. The van der Waals surface area contributed by atoms with Gasteiger partial charge in [-0.15, -0.1) is 11.6 Å². The Morgan fingerprint density at radius 2 is 1.31 bits per heavy atom. The lowest BCUT2D eigenvalue weighted by Crippen LogP contribution is -2.39. The van der Waals surface area contributed by atoms with E-state index in [4.69, 9.17) is 11.6 Å². The van der Waals surface area contributed by atoms with Crippen LogP contribution in [0.2, 0.25) is 0 Å². The number of benzene rings is 3. The SMILES string of the molecule is Fc1ccc([S+](c2ccccc2)c2ccccc2)cc1.O=C(OCCCCCl)C(F)(F)S(=O)(=O)[O-]. The van der Waals surface area contributed by atoms with Gasteiger partial charge in [0.05, 0.1) is 17.5 Å². The third-order valence-electron chi connectivity index (χ3n) is 4.32. The summed E-state index contributed by atoms with van der Waals surface area (Å²) in [4.78, 5) is 14.1. The smallest absolute Gasteiger partial charge is 0.428 e. The van der Waals surface area contributed by atoms with Gasteiger partial charge in [0, 0.05) is 5.88 Å². The molecule has 0 aliphatic carbocycles. The second kappa shape index (κ2) is 13.5. The first-order valence-corrected chi connectivity index (χ1v) is 13.4. The van der Waals surface area contributed by atoms with Crippen molar-refractivity contribution in [1.82, 2.24) is 0 Å². The molecule has 0 aromatic heterocycles. The maximum Gasteiger partial charge on any atom is 0.428 e. The highest BCUT2D eigenvalue weighted by molar-refractivity contribution is 7.97. The molecule has 0 radical (unpaired) electrons. The maximum absolute atomic E-state index is 13.2. The molecule has 3 rings (SSSR count). The third kappa shape index (κ3) is 8.57. The minimum absolute atomic E-state index is 0.190. The molecule has 0 atom stereocenters. The predicted octanol–water partition coefficient (Wildman–Crippen LogP) is 5.61. The molecule has 0 heterocycles. The number of esters is 1. The number of halogens is 4. The summed E-state index contributed by atoms with van der Waals surface area (Å²) < 4.78 is 71.8. The topological polar surface area (TPSA) is 83.5 Å². The summed E-state index contributed by atoms with van der Waals surface area (Å²) in [5, 5.41) is -5.03. The standard InChI is InChI=1S/C18H14FS.C6H9ClF2O5S/c19-15-11-13-18(14-12-15)20(16-7-3-1-4-8-16)17-9-5-2-6-10-17;7-3-1-2-4-14-5(10)6(8,9)15(11,12)13/h1-14H;1-4H2,(H,11,12,13)/q+1;/p-1. The molecule has 0 aliphatic heterocycles. The van der Waals surface area contributed by atoms with Gasteiger partial charge in [0.15, 0.2) is 24.8 Å². The fourth-order valence-corrected chi connectivity index (χ4v) is 5.17. The Morgan fingerprint density at radius 3 is 1.74 bits per heavy atom. The molecule has 0 spiro atoms. The van der Waals surface area contributed by atoms with Crippen molar-refractivity contribution in [2.75, 3.05) is 12.5 Å². The second-order valence-electron chi connectivity index (χ2n) is 6.89. The first kappa shape index (κ1) is 28.7. The van der Waals surface area contributed by atoms with E-state index in [0.29, 0.717) is 6.42 Å². The fourth-order valence-electron chi connectivity index (χ4n) is 2.64. The lowest BCUT2D eigenvalue weighted by molar-refractivity contribution is -0.161. The third-order valence-corrected chi connectivity index (χ3v) is 7.61. The summed E-state index contributed by atoms with van der Waals surface area (Å²) in [6.45, 7) is -0.406. The predicted molar refractivity (Wildman–Crippen MR) is 127 cm³/mol. The first-order chi connectivity index (χ1) is 16.6. The van der Waals surface area contributed by atoms with Crippen molar-refractivity contribution < 1.29 is 35.7 Å². The molecule has 0 aliphatic rings. The van der Waals surface area contributed by atoms with Crippen molar-refractivity contribution in [3.63, 3.8) is 0 Å². The summed E-state index contributed by atoms with van der Waals surface area (Å²) in [6, 6.07) is 27.5. The van der Waals surface area contributed by atoms with Crippen LogP contribution in [0.1, 0.15) is 12.8 Å². The van der Waals surface area contributed by atoms with Crippen LogP contribution in [0.15, 0.2) is 99.6 Å². The maximum atomic E-state index is 13.2. The second-order valence-corrected chi connectivity index (χ2v) is 10.7. The largest absolute Gasteiger partial charge is 0.743 e. The van der Waals surface area contributed by atoms with Crippen LogP contribution in [0.5, 0.6) is 0 Å². The van der Waals surface area contributed by atoms with Gasteiger partial charge in [0.1, 0.15) is 5.82 Å². The summed E-state index contributed by atoms with van der Waals surface area (Å²) in [5.74, 6) is -2.29.